The largest absolute Gasteiger partial charge is 0.345 e. The van der Waals surface area contributed by atoms with E-state index in [1.54, 1.807) is 18.3 Å². The zero-order valence-corrected chi connectivity index (χ0v) is 21.2. The highest BCUT2D eigenvalue weighted by atomic mass is 19.1. The molecule has 3 aromatic rings. The SMILES string of the molecule is CC1CCN(c2ncc(C(=O)NC(C)c3ccc(F)cc3)c(C3(c4ccccc4)CCCC3)n2)CC1. The number of rotatable bonds is 6. The molecule has 0 spiro atoms. The van der Waals surface area contributed by atoms with Gasteiger partial charge in [-0.1, -0.05) is 62.2 Å². The van der Waals surface area contributed by atoms with Crippen molar-refractivity contribution >= 4 is 11.9 Å². The summed E-state index contributed by atoms with van der Waals surface area (Å²) in [7, 11) is 0. The van der Waals surface area contributed by atoms with Crippen molar-refractivity contribution in [2.24, 2.45) is 5.92 Å². The predicted octanol–water partition coefficient (Wildman–Crippen LogP) is 6.20. The van der Waals surface area contributed by atoms with Crippen molar-refractivity contribution in [3.05, 3.63) is 89.0 Å². The molecule has 2 fully saturated rings. The van der Waals surface area contributed by atoms with E-state index in [9.17, 15) is 9.18 Å². The number of carbonyl (C=O) groups excluding carboxylic acids is 1. The fourth-order valence-corrected chi connectivity index (χ4v) is 5.77. The number of halogens is 1. The second-order valence-corrected chi connectivity index (χ2v) is 10.5. The molecule has 1 aromatic heterocycles. The molecule has 1 saturated carbocycles. The Kier molecular flexibility index (Phi) is 7.04. The van der Waals surface area contributed by atoms with Crippen LogP contribution in [0.1, 0.15) is 85.6 Å². The van der Waals surface area contributed by atoms with Gasteiger partial charge in [-0.05, 0) is 61.8 Å². The van der Waals surface area contributed by atoms with Crippen molar-refractivity contribution in [3.63, 3.8) is 0 Å². The lowest BCUT2D eigenvalue weighted by Gasteiger charge is -2.34. The van der Waals surface area contributed by atoms with Crippen LogP contribution < -0.4 is 10.2 Å². The average molecular weight is 487 g/mol. The first-order valence-electron chi connectivity index (χ1n) is 13.2. The summed E-state index contributed by atoms with van der Waals surface area (Å²) in [5.74, 6) is 0.955. The molecule has 1 atom stereocenters. The van der Waals surface area contributed by atoms with E-state index >= 15 is 0 Å². The zero-order chi connectivity index (χ0) is 25.1. The first kappa shape index (κ1) is 24.4. The number of hydrogen-bond acceptors (Lipinski definition) is 4. The quantitative estimate of drug-likeness (QED) is 0.450. The van der Waals surface area contributed by atoms with E-state index < -0.39 is 0 Å². The number of aromatic nitrogens is 2. The average Bonchev–Trinajstić information content (AvgIpc) is 3.41. The molecule has 1 saturated heterocycles. The van der Waals surface area contributed by atoms with E-state index in [1.807, 2.05) is 13.0 Å². The number of nitrogens with one attached hydrogen (secondary N) is 1. The first-order chi connectivity index (χ1) is 17.5. The summed E-state index contributed by atoms with van der Waals surface area (Å²) in [6.07, 6.45) is 8.09. The highest BCUT2D eigenvalue weighted by molar-refractivity contribution is 5.96. The minimum Gasteiger partial charge on any atom is -0.345 e. The molecule has 1 amide bonds. The van der Waals surface area contributed by atoms with E-state index in [0.29, 0.717) is 11.5 Å². The summed E-state index contributed by atoms with van der Waals surface area (Å²) < 4.78 is 13.4. The van der Waals surface area contributed by atoms with Gasteiger partial charge in [-0.2, -0.15) is 0 Å². The second-order valence-electron chi connectivity index (χ2n) is 10.5. The summed E-state index contributed by atoms with van der Waals surface area (Å²) >= 11 is 0. The zero-order valence-electron chi connectivity index (χ0n) is 21.2. The molecule has 188 valence electrons. The number of hydrogen-bond donors (Lipinski definition) is 1. The summed E-state index contributed by atoms with van der Waals surface area (Å²) in [6, 6.07) is 16.5. The van der Waals surface area contributed by atoms with E-state index in [1.165, 1.54) is 17.7 Å². The molecule has 5 nitrogen and oxygen atoms in total. The minimum atomic E-state index is -0.312. The molecule has 6 heteroatoms. The topological polar surface area (TPSA) is 58.1 Å². The normalized spacial score (nSPS) is 18.7. The Hall–Kier alpha value is -3.28. The molecule has 1 unspecified atom stereocenters. The lowest BCUT2D eigenvalue weighted by Crippen LogP contribution is -2.37. The van der Waals surface area contributed by atoms with Gasteiger partial charge < -0.3 is 10.2 Å². The van der Waals surface area contributed by atoms with E-state index in [4.69, 9.17) is 9.97 Å². The maximum absolute atomic E-state index is 13.7. The summed E-state index contributed by atoms with van der Waals surface area (Å²) in [4.78, 5) is 25.8. The van der Waals surface area contributed by atoms with Crippen molar-refractivity contribution in [1.82, 2.24) is 15.3 Å². The summed E-state index contributed by atoms with van der Waals surface area (Å²) in [5, 5.41) is 3.11. The number of anilines is 1. The first-order valence-corrected chi connectivity index (χ1v) is 13.2. The van der Waals surface area contributed by atoms with Gasteiger partial charge in [-0.3, -0.25) is 4.79 Å². The number of nitrogens with zero attached hydrogens (tertiary/aromatic N) is 3. The smallest absolute Gasteiger partial charge is 0.255 e. The molecule has 0 radical (unpaired) electrons. The molecule has 2 aliphatic rings. The van der Waals surface area contributed by atoms with Crippen LogP contribution in [0.25, 0.3) is 0 Å². The van der Waals surface area contributed by atoms with Gasteiger partial charge in [-0.25, -0.2) is 14.4 Å². The van der Waals surface area contributed by atoms with Gasteiger partial charge in [0.1, 0.15) is 5.82 Å². The maximum atomic E-state index is 13.7. The Morgan fingerprint density at radius 2 is 1.72 bits per heavy atom. The monoisotopic (exact) mass is 486 g/mol. The Morgan fingerprint density at radius 1 is 1.06 bits per heavy atom. The minimum absolute atomic E-state index is 0.192. The molecule has 2 aromatic carbocycles. The number of carbonyl (C=O) groups is 1. The van der Waals surface area contributed by atoms with Gasteiger partial charge >= 0.3 is 0 Å². The van der Waals surface area contributed by atoms with Crippen LogP contribution in [0.5, 0.6) is 0 Å². The number of benzene rings is 2. The number of piperidine rings is 1. The second kappa shape index (κ2) is 10.4. The maximum Gasteiger partial charge on any atom is 0.255 e. The van der Waals surface area contributed by atoms with Crippen molar-refractivity contribution in [3.8, 4) is 0 Å². The lowest BCUT2D eigenvalue weighted by molar-refractivity contribution is 0.0936. The molecule has 5 rings (SSSR count). The third-order valence-electron chi connectivity index (χ3n) is 8.04. The molecule has 1 aliphatic carbocycles. The van der Waals surface area contributed by atoms with Gasteiger partial charge in [0, 0.05) is 24.7 Å². The van der Waals surface area contributed by atoms with Gasteiger partial charge in [0.25, 0.3) is 5.91 Å². The van der Waals surface area contributed by atoms with Crippen LogP contribution >= 0.6 is 0 Å². The molecule has 1 N–H and O–H groups in total. The molecule has 2 heterocycles. The standard InChI is InChI=1S/C30H35FN4O/c1-21-14-18-35(19-15-21)29-32-20-26(28(36)33-22(2)23-10-12-25(31)13-11-23)27(34-29)30(16-6-7-17-30)24-8-4-3-5-9-24/h3-5,8-13,20-22H,6-7,14-19H2,1-2H3,(H,33,36). The Bertz CT molecular complexity index is 1180. The molecular weight excluding hydrogens is 451 g/mol. The van der Waals surface area contributed by atoms with Crippen LogP contribution in [0.4, 0.5) is 10.3 Å². The fraction of sp³-hybridized carbons (Fsp3) is 0.433. The predicted molar refractivity (Wildman–Crippen MR) is 141 cm³/mol. The van der Waals surface area contributed by atoms with Crippen LogP contribution in [0.2, 0.25) is 0 Å². The van der Waals surface area contributed by atoms with Crippen LogP contribution in [0, 0.1) is 11.7 Å². The Morgan fingerprint density at radius 3 is 2.39 bits per heavy atom. The van der Waals surface area contributed by atoms with Crippen LogP contribution in [-0.2, 0) is 5.41 Å². The molecule has 0 bridgehead atoms. The Labute approximate surface area is 213 Å². The van der Waals surface area contributed by atoms with Crippen LogP contribution in [0.15, 0.2) is 60.8 Å². The van der Waals surface area contributed by atoms with Crippen LogP contribution in [-0.4, -0.2) is 29.0 Å². The van der Waals surface area contributed by atoms with Crippen molar-refractivity contribution in [2.75, 3.05) is 18.0 Å². The summed E-state index contributed by atoms with van der Waals surface area (Å²) in [5.41, 5.74) is 3.11. The van der Waals surface area contributed by atoms with Gasteiger partial charge in [-0.15, -0.1) is 0 Å². The van der Waals surface area contributed by atoms with Gasteiger partial charge in [0.05, 0.1) is 17.3 Å². The molecular formula is C30H35FN4O. The highest BCUT2D eigenvalue weighted by Crippen LogP contribution is 2.47. The number of amides is 1. The molecule has 36 heavy (non-hydrogen) atoms. The van der Waals surface area contributed by atoms with Crippen LogP contribution in [0.3, 0.4) is 0 Å². The Balaban J connectivity index is 1.54. The third kappa shape index (κ3) is 4.86. The van der Waals surface area contributed by atoms with Crippen molar-refractivity contribution in [1.29, 1.82) is 0 Å². The van der Waals surface area contributed by atoms with Gasteiger partial charge in [0.2, 0.25) is 5.95 Å². The lowest BCUT2D eigenvalue weighted by atomic mass is 9.74. The van der Waals surface area contributed by atoms with Crippen molar-refractivity contribution in [2.45, 2.75) is 63.8 Å². The van der Waals surface area contributed by atoms with Crippen molar-refractivity contribution < 1.29 is 9.18 Å². The third-order valence-corrected chi connectivity index (χ3v) is 8.04. The molecule has 1 aliphatic heterocycles. The fourth-order valence-electron chi connectivity index (χ4n) is 5.77. The van der Waals surface area contributed by atoms with E-state index in [0.717, 1.165) is 68.8 Å². The highest BCUT2D eigenvalue weighted by Gasteiger charge is 2.42. The van der Waals surface area contributed by atoms with Gasteiger partial charge in [0.15, 0.2) is 0 Å². The van der Waals surface area contributed by atoms with E-state index in [2.05, 4.69) is 41.4 Å². The van der Waals surface area contributed by atoms with E-state index in [-0.39, 0.29) is 23.2 Å². The summed E-state index contributed by atoms with van der Waals surface area (Å²) in [6.45, 7) is 6.08.